The average molecular weight is 275 g/mol. The van der Waals surface area contributed by atoms with E-state index in [0.29, 0.717) is 11.6 Å². The number of hydrogen-bond acceptors (Lipinski definition) is 4. The first-order valence-electron chi connectivity index (χ1n) is 7.50. The number of pyridine rings is 1. The lowest BCUT2D eigenvalue weighted by Crippen LogP contribution is -2.11. The summed E-state index contributed by atoms with van der Waals surface area (Å²) in [6.07, 6.45) is 8.71. The van der Waals surface area contributed by atoms with Gasteiger partial charge in [-0.3, -0.25) is 0 Å². The van der Waals surface area contributed by atoms with Gasteiger partial charge in [-0.25, -0.2) is 0 Å². The first kappa shape index (κ1) is 14.7. The Labute approximate surface area is 121 Å². The van der Waals surface area contributed by atoms with Gasteiger partial charge in [0, 0.05) is 6.54 Å². The molecule has 110 valence electrons. The summed E-state index contributed by atoms with van der Waals surface area (Å²) >= 11 is 0. The van der Waals surface area contributed by atoms with Crippen LogP contribution in [0.1, 0.15) is 46.0 Å². The predicted octanol–water partition coefficient (Wildman–Crippen LogP) is 3.75. The van der Waals surface area contributed by atoms with E-state index in [4.69, 9.17) is 10.5 Å². The minimum atomic E-state index is 0.0763. The van der Waals surface area contributed by atoms with Crippen LogP contribution in [0.5, 0.6) is 5.88 Å². The molecule has 0 radical (unpaired) electrons. The minimum Gasteiger partial charge on any atom is -0.473 e. The van der Waals surface area contributed by atoms with E-state index in [0.717, 1.165) is 18.8 Å². The van der Waals surface area contributed by atoms with E-state index in [1.54, 1.807) is 5.57 Å². The van der Waals surface area contributed by atoms with Crippen molar-refractivity contribution >= 4 is 11.5 Å². The second-order valence-corrected chi connectivity index (χ2v) is 5.54. The number of anilines is 2. The maximum Gasteiger partial charge on any atom is 0.239 e. The largest absolute Gasteiger partial charge is 0.473 e. The maximum atomic E-state index is 5.86. The van der Waals surface area contributed by atoms with Crippen molar-refractivity contribution in [2.45, 2.75) is 52.1 Å². The highest BCUT2D eigenvalue weighted by Gasteiger charge is 2.07. The van der Waals surface area contributed by atoms with Crippen molar-refractivity contribution in [1.29, 1.82) is 0 Å². The van der Waals surface area contributed by atoms with Crippen LogP contribution in [0.15, 0.2) is 23.8 Å². The molecule has 4 heteroatoms. The van der Waals surface area contributed by atoms with Crippen molar-refractivity contribution in [3.05, 3.63) is 23.8 Å². The van der Waals surface area contributed by atoms with Gasteiger partial charge >= 0.3 is 0 Å². The fourth-order valence-electron chi connectivity index (χ4n) is 2.35. The van der Waals surface area contributed by atoms with Crippen molar-refractivity contribution in [3.8, 4) is 5.88 Å². The van der Waals surface area contributed by atoms with Crippen LogP contribution in [0.3, 0.4) is 0 Å². The van der Waals surface area contributed by atoms with Gasteiger partial charge in [0.05, 0.1) is 11.8 Å². The third kappa shape index (κ3) is 4.44. The summed E-state index contributed by atoms with van der Waals surface area (Å²) in [5.74, 6) is 1.34. The summed E-state index contributed by atoms with van der Waals surface area (Å²) in [6, 6.07) is 3.74. The van der Waals surface area contributed by atoms with Gasteiger partial charge in [0.1, 0.15) is 5.82 Å². The molecular formula is C16H25N3O. The molecule has 0 unspecified atom stereocenters. The number of nitrogens with zero attached hydrogens (tertiary/aromatic N) is 1. The lowest BCUT2D eigenvalue weighted by Gasteiger charge is -2.15. The quantitative estimate of drug-likeness (QED) is 0.776. The SMILES string of the molecule is CC(C)Oc1nc(NCCC2=CCCCC2)ccc1N. The predicted molar refractivity (Wildman–Crippen MR) is 84.1 cm³/mol. The topological polar surface area (TPSA) is 60.2 Å². The highest BCUT2D eigenvalue weighted by atomic mass is 16.5. The molecule has 1 aliphatic carbocycles. The van der Waals surface area contributed by atoms with Crippen LogP contribution in [-0.4, -0.2) is 17.6 Å². The van der Waals surface area contributed by atoms with Crippen molar-refractivity contribution in [2.75, 3.05) is 17.6 Å². The Hall–Kier alpha value is -1.71. The Bertz CT molecular complexity index is 469. The van der Waals surface area contributed by atoms with Crippen LogP contribution in [0, 0.1) is 0 Å². The zero-order valence-electron chi connectivity index (χ0n) is 12.5. The van der Waals surface area contributed by atoms with E-state index in [2.05, 4.69) is 16.4 Å². The molecule has 1 aromatic rings. The second kappa shape index (κ2) is 7.17. The van der Waals surface area contributed by atoms with Crippen LogP contribution in [-0.2, 0) is 0 Å². The lowest BCUT2D eigenvalue weighted by molar-refractivity contribution is 0.234. The monoisotopic (exact) mass is 275 g/mol. The third-order valence-electron chi connectivity index (χ3n) is 3.37. The van der Waals surface area contributed by atoms with E-state index < -0.39 is 0 Å². The summed E-state index contributed by atoms with van der Waals surface area (Å²) < 4.78 is 5.59. The number of ether oxygens (including phenoxy) is 1. The third-order valence-corrected chi connectivity index (χ3v) is 3.37. The Kier molecular flexibility index (Phi) is 5.27. The molecule has 0 aliphatic heterocycles. The average Bonchev–Trinajstić information content (AvgIpc) is 2.43. The molecule has 0 saturated carbocycles. The zero-order valence-corrected chi connectivity index (χ0v) is 12.5. The Morgan fingerprint density at radius 1 is 1.35 bits per heavy atom. The molecule has 3 N–H and O–H groups in total. The molecule has 0 amide bonds. The Balaban J connectivity index is 1.87. The van der Waals surface area contributed by atoms with Gasteiger partial charge in [-0.2, -0.15) is 4.98 Å². The zero-order chi connectivity index (χ0) is 14.4. The molecule has 0 atom stereocenters. The summed E-state index contributed by atoms with van der Waals surface area (Å²) in [5, 5.41) is 3.35. The number of hydrogen-bond donors (Lipinski definition) is 2. The summed E-state index contributed by atoms with van der Waals surface area (Å²) in [4.78, 5) is 4.42. The molecule has 0 saturated heterocycles. The number of nitrogen functional groups attached to an aromatic ring is 1. The molecular weight excluding hydrogens is 250 g/mol. The van der Waals surface area contributed by atoms with Gasteiger partial charge in [0.25, 0.3) is 0 Å². The van der Waals surface area contributed by atoms with E-state index in [1.165, 1.54) is 25.7 Å². The van der Waals surface area contributed by atoms with E-state index >= 15 is 0 Å². The molecule has 0 aromatic carbocycles. The summed E-state index contributed by atoms with van der Waals surface area (Å²) in [5.41, 5.74) is 8.01. The highest BCUT2D eigenvalue weighted by Crippen LogP contribution is 2.23. The van der Waals surface area contributed by atoms with Crippen LogP contribution < -0.4 is 15.8 Å². The first-order chi connectivity index (χ1) is 9.65. The molecule has 0 bridgehead atoms. The molecule has 1 aliphatic rings. The van der Waals surface area contributed by atoms with Gasteiger partial charge in [0.2, 0.25) is 5.88 Å². The van der Waals surface area contributed by atoms with Gasteiger partial charge in [-0.1, -0.05) is 11.6 Å². The molecule has 0 spiro atoms. The van der Waals surface area contributed by atoms with Crippen LogP contribution in [0.4, 0.5) is 11.5 Å². The fraction of sp³-hybridized carbons (Fsp3) is 0.562. The molecule has 20 heavy (non-hydrogen) atoms. The number of nitrogens with one attached hydrogen (secondary N) is 1. The first-order valence-corrected chi connectivity index (χ1v) is 7.50. The van der Waals surface area contributed by atoms with E-state index in [-0.39, 0.29) is 6.10 Å². The van der Waals surface area contributed by atoms with Crippen LogP contribution >= 0.6 is 0 Å². The van der Waals surface area contributed by atoms with E-state index in [9.17, 15) is 0 Å². The van der Waals surface area contributed by atoms with Gasteiger partial charge < -0.3 is 15.8 Å². The maximum absolute atomic E-state index is 5.86. The van der Waals surface area contributed by atoms with E-state index in [1.807, 2.05) is 26.0 Å². The Morgan fingerprint density at radius 2 is 2.20 bits per heavy atom. The van der Waals surface area contributed by atoms with Gasteiger partial charge in [-0.05, 0) is 58.1 Å². The second-order valence-electron chi connectivity index (χ2n) is 5.54. The smallest absolute Gasteiger partial charge is 0.239 e. The fourth-order valence-corrected chi connectivity index (χ4v) is 2.35. The Morgan fingerprint density at radius 3 is 2.90 bits per heavy atom. The molecule has 4 nitrogen and oxygen atoms in total. The van der Waals surface area contributed by atoms with Gasteiger partial charge in [-0.15, -0.1) is 0 Å². The summed E-state index contributed by atoms with van der Waals surface area (Å²) in [6.45, 7) is 4.84. The minimum absolute atomic E-state index is 0.0763. The number of aromatic nitrogens is 1. The highest BCUT2D eigenvalue weighted by molar-refractivity contribution is 5.53. The lowest BCUT2D eigenvalue weighted by atomic mass is 9.97. The van der Waals surface area contributed by atoms with Crippen molar-refractivity contribution in [2.24, 2.45) is 0 Å². The number of rotatable bonds is 6. The standard InChI is InChI=1S/C16H25N3O/c1-12(2)20-16-14(17)8-9-15(19-16)18-11-10-13-6-4-3-5-7-13/h6,8-9,12H,3-5,7,10-11,17H2,1-2H3,(H,18,19). The molecule has 1 heterocycles. The number of nitrogens with two attached hydrogens (primary N) is 1. The normalized spacial score (nSPS) is 15.1. The van der Waals surface area contributed by atoms with Crippen LogP contribution in [0.25, 0.3) is 0 Å². The molecule has 2 rings (SSSR count). The molecule has 0 fully saturated rings. The van der Waals surface area contributed by atoms with Crippen molar-refractivity contribution < 1.29 is 4.74 Å². The van der Waals surface area contributed by atoms with Crippen LogP contribution in [0.2, 0.25) is 0 Å². The number of allylic oxidation sites excluding steroid dienone is 1. The molecule has 1 aromatic heterocycles. The van der Waals surface area contributed by atoms with Crippen molar-refractivity contribution in [1.82, 2.24) is 4.98 Å². The van der Waals surface area contributed by atoms with Crippen molar-refractivity contribution in [3.63, 3.8) is 0 Å². The van der Waals surface area contributed by atoms with Gasteiger partial charge in [0.15, 0.2) is 0 Å². The summed E-state index contributed by atoms with van der Waals surface area (Å²) in [7, 11) is 0.